The Morgan fingerprint density at radius 2 is 1.49 bits per heavy atom. The molecule has 3 heterocycles. The summed E-state index contributed by atoms with van der Waals surface area (Å²) >= 11 is 14.5. The summed E-state index contributed by atoms with van der Waals surface area (Å²) in [5.74, 6) is 0.804. The first kappa shape index (κ1) is 30.3. The zero-order valence-corrected chi connectivity index (χ0v) is 27.7. The number of benzene rings is 3. The SMILES string of the molecule is CC(C)(C)[Si](OC[C@H]1SC[C@H](n2cnc3c(Cl)nc(Cl)nc32)[C@@H]1OCc1ccccc1)(c1ccccc1)c1ccccc1. The fraction of sp³-hybridized carbons (Fsp3) is 0.303. The van der Waals surface area contributed by atoms with Crippen LogP contribution in [0, 0.1) is 0 Å². The van der Waals surface area contributed by atoms with Crippen LogP contribution in [0.4, 0.5) is 0 Å². The molecule has 0 spiro atoms. The van der Waals surface area contributed by atoms with Crippen LogP contribution < -0.4 is 10.4 Å². The van der Waals surface area contributed by atoms with Crippen molar-refractivity contribution in [1.29, 1.82) is 0 Å². The van der Waals surface area contributed by atoms with Crippen molar-refractivity contribution in [1.82, 2.24) is 19.5 Å². The van der Waals surface area contributed by atoms with Gasteiger partial charge in [0.15, 0.2) is 10.8 Å². The van der Waals surface area contributed by atoms with Gasteiger partial charge in [0.05, 0.1) is 30.3 Å². The van der Waals surface area contributed by atoms with Gasteiger partial charge in [-0.15, -0.1) is 0 Å². The molecule has 0 radical (unpaired) electrons. The Morgan fingerprint density at radius 3 is 2.09 bits per heavy atom. The highest BCUT2D eigenvalue weighted by molar-refractivity contribution is 8.00. The maximum Gasteiger partial charge on any atom is 0.261 e. The van der Waals surface area contributed by atoms with Gasteiger partial charge in [0.25, 0.3) is 8.32 Å². The fourth-order valence-corrected chi connectivity index (χ4v) is 12.6. The highest BCUT2D eigenvalue weighted by atomic mass is 35.5. The molecule has 1 aliphatic rings. The van der Waals surface area contributed by atoms with Crippen LogP contribution >= 0.6 is 35.0 Å². The van der Waals surface area contributed by atoms with Crippen LogP contribution in [-0.4, -0.2) is 51.6 Å². The first-order valence-electron chi connectivity index (χ1n) is 14.4. The third-order valence-corrected chi connectivity index (χ3v) is 14.9. The number of fused-ring (bicyclic) bond motifs is 1. The molecule has 5 aromatic rings. The Bertz CT molecular complexity index is 1630. The van der Waals surface area contributed by atoms with Gasteiger partial charge in [-0.1, -0.05) is 123 Å². The smallest absolute Gasteiger partial charge is 0.261 e. The maximum absolute atomic E-state index is 7.37. The van der Waals surface area contributed by atoms with E-state index in [2.05, 4.69) is 109 Å². The van der Waals surface area contributed by atoms with Crippen molar-refractivity contribution in [2.45, 2.75) is 49.8 Å². The highest BCUT2D eigenvalue weighted by Gasteiger charge is 2.51. The van der Waals surface area contributed by atoms with E-state index in [0.29, 0.717) is 24.4 Å². The van der Waals surface area contributed by atoms with E-state index < -0.39 is 8.32 Å². The maximum atomic E-state index is 7.37. The van der Waals surface area contributed by atoms with E-state index in [9.17, 15) is 0 Å². The molecule has 6 rings (SSSR count). The monoisotopic (exact) mass is 648 g/mol. The molecule has 0 N–H and O–H groups in total. The third-order valence-electron chi connectivity index (χ3n) is 8.10. The first-order chi connectivity index (χ1) is 20.8. The van der Waals surface area contributed by atoms with Crippen molar-refractivity contribution in [2.75, 3.05) is 12.4 Å². The predicted molar refractivity (Wildman–Crippen MR) is 179 cm³/mol. The van der Waals surface area contributed by atoms with Crippen LogP contribution in [0.3, 0.4) is 0 Å². The molecular weight excluding hydrogens is 615 g/mol. The second-order valence-electron chi connectivity index (χ2n) is 11.8. The minimum absolute atomic E-state index is 0.0477. The molecule has 0 aliphatic carbocycles. The number of thioether (sulfide) groups is 1. The van der Waals surface area contributed by atoms with Crippen LogP contribution in [0.2, 0.25) is 15.5 Å². The summed E-state index contributed by atoms with van der Waals surface area (Å²) < 4.78 is 16.2. The molecule has 6 nitrogen and oxygen atoms in total. The van der Waals surface area contributed by atoms with E-state index >= 15 is 0 Å². The Kier molecular flexibility index (Phi) is 8.96. The van der Waals surface area contributed by atoms with E-state index in [1.165, 1.54) is 10.4 Å². The van der Waals surface area contributed by atoms with Crippen LogP contribution in [0.25, 0.3) is 11.2 Å². The Morgan fingerprint density at radius 1 is 0.884 bits per heavy atom. The molecule has 1 fully saturated rings. The summed E-state index contributed by atoms with van der Waals surface area (Å²) in [5, 5.41) is 2.81. The molecule has 0 bridgehead atoms. The minimum atomic E-state index is -2.72. The van der Waals surface area contributed by atoms with Gasteiger partial charge in [0, 0.05) is 12.4 Å². The number of imidazole rings is 1. The Labute approximate surface area is 267 Å². The second kappa shape index (κ2) is 12.7. The lowest BCUT2D eigenvalue weighted by molar-refractivity contribution is 0.00864. The zero-order chi connectivity index (χ0) is 30.0. The van der Waals surface area contributed by atoms with E-state index in [1.54, 1.807) is 6.33 Å². The molecule has 0 saturated carbocycles. The zero-order valence-electron chi connectivity index (χ0n) is 24.4. The van der Waals surface area contributed by atoms with Gasteiger partial charge in [-0.25, -0.2) is 9.97 Å². The molecule has 43 heavy (non-hydrogen) atoms. The van der Waals surface area contributed by atoms with Gasteiger partial charge in [0.2, 0.25) is 5.28 Å². The van der Waals surface area contributed by atoms with E-state index in [1.807, 2.05) is 34.5 Å². The van der Waals surface area contributed by atoms with Crippen molar-refractivity contribution in [2.24, 2.45) is 0 Å². The van der Waals surface area contributed by atoms with Gasteiger partial charge in [0.1, 0.15) is 5.52 Å². The fourth-order valence-electron chi connectivity index (χ4n) is 6.09. The highest BCUT2D eigenvalue weighted by Crippen LogP contribution is 2.42. The summed E-state index contributed by atoms with van der Waals surface area (Å²) in [7, 11) is -2.72. The van der Waals surface area contributed by atoms with Gasteiger partial charge in [-0.3, -0.25) is 0 Å². The Hall–Kier alpha value is -2.72. The Balaban J connectivity index is 1.36. The summed E-state index contributed by atoms with van der Waals surface area (Å²) in [6.45, 7) is 7.94. The molecular formula is C33H34Cl2N4O2SSi. The van der Waals surface area contributed by atoms with E-state index in [0.717, 1.165) is 11.3 Å². The normalized spacial score (nSPS) is 19.2. The average Bonchev–Trinajstić information content (AvgIpc) is 3.61. The van der Waals surface area contributed by atoms with Crippen LogP contribution in [0.5, 0.6) is 0 Å². The predicted octanol–water partition coefficient (Wildman–Crippen LogP) is 6.95. The molecule has 10 heteroatoms. The molecule has 0 unspecified atom stereocenters. The minimum Gasteiger partial charge on any atom is -0.406 e. The number of nitrogens with zero attached hydrogens (tertiary/aromatic N) is 4. The average molecular weight is 650 g/mol. The molecule has 3 aromatic carbocycles. The second-order valence-corrected chi connectivity index (χ2v) is 18.1. The van der Waals surface area contributed by atoms with Crippen molar-refractivity contribution in [3.8, 4) is 0 Å². The topological polar surface area (TPSA) is 62.1 Å². The van der Waals surface area contributed by atoms with E-state index in [4.69, 9.17) is 32.4 Å². The molecule has 1 aliphatic heterocycles. The third kappa shape index (κ3) is 6.01. The number of hydrogen-bond donors (Lipinski definition) is 0. The van der Waals surface area contributed by atoms with Gasteiger partial charge in [-0.05, 0) is 32.6 Å². The van der Waals surface area contributed by atoms with Crippen molar-refractivity contribution < 1.29 is 9.16 Å². The standard InChI is InChI=1S/C33H34Cl2N4O2SSi/c1-33(2,3)43(24-15-9-5-10-16-24,25-17-11-6-12-18-25)41-20-27-29(40-19-23-13-7-4-8-14-23)26(21-42-27)39-22-36-28-30(34)37-32(35)38-31(28)39/h4-18,22,26-27,29H,19-21H2,1-3H3/t26-,27+,29-/m0/s1. The lowest BCUT2D eigenvalue weighted by Crippen LogP contribution is -2.67. The quantitative estimate of drug-likeness (QED) is 0.0979. The summed E-state index contributed by atoms with van der Waals surface area (Å²) in [6, 6.07) is 31.7. The number of aromatic nitrogens is 4. The van der Waals surface area contributed by atoms with Crippen molar-refractivity contribution in [3.05, 3.63) is 113 Å². The number of halogens is 2. The summed E-state index contributed by atoms with van der Waals surface area (Å²) in [4.78, 5) is 13.1. The first-order valence-corrected chi connectivity index (χ1v) is 18.1. The lowest BCUT2D eigenvalue weighted by atomic mass is 10.1. The summed E-state index contributed by atoms with van der Waals surface area (Å²) in [5.41, 5.74) is 2.26. The van der Waals surface area contributed by atoms with Gasteiger partial charge >= 0.3 is 0 Å². The van der Waals surface area contributed by atoms with Gasteiger partial charge in [-0.2, -0.15) is 16.7 Å². The molecule has 1 saturated heterocycles. The van der Waals surface area contributed by atoms with Gasteiger partial charge < -0.3 is 13.7 Å². The van der Waals surface area contributed by atoms with Crippen LogP contribution in [-0.2, 0) is 15.8 Å². The van der Waals surface area contributed by atoms with E-state index in [-0.39, 0.29) is 32.9 Å². The van der Waals surface area contributed by atoms with Crippen LogP contribution in [0.15, 0.2) is 97.3 Å². The number of ether oxygens (including phenoxy) is 1. The molecule has 2 aromatic heterocycles. The van der Waals surface area contributed by atoms with Crippen molar-refractivity contribution >= 4 is 64.8 Å². The van der Waals surface area contributed by atoms with Crippen LogP contribution in [0.1, 0.15) is 32.4 Å². The molecule has 0 amide bonds. The number of hydrogen-bond acceptors (Lipinski definition) is 6. The number of rotatable bonds is 9. The van der Waals surface area contributed by atoms with Crippen molar-refractivity contribution in [3.63, 3.8) is 0 Å². The molecule has 3 atom stereocenters. The largest absolute Gasteiger partial charge is 0.406 e. The summed E-state index contributed by atoms with van der Waals surface area (Å²) in [6.07, 6.45) is 1.60. The molecule has 222 valence electrons. The lowest BCUT2D eigenvalue weighted by Gasteiger charge is -2.43.